The largest absolute Gasteiger partial charge is 0.352 e. The highest BCUT2D eigenvalue weighted by Gasteiger charge is 2.45. The van der Waals surface area contributed by atoms with Gasteiger partial charge in [-0.2, -0.15) is 0 Å². The molecule has 2 rings (SSSR count). The number of carbonyl (C=O) groups excluding carboxylic acids is 1. The van der Waals surface area contributed by atoms with Crippen molar-refractivity contribution in [3.05, 3.63) is 35.9 Å². The third-order valence-electron chi connectivity index (χ3n) is 3.86. The Balaban J connectivity index is 2.27. The maximum atomic E-state index is 12.6. The van der Waals surface area contributed by atoms with Crippen LogP contribution in [0.5, 0.6) is 0 Å². The number of methoxy groups -OCH3 is 2. The molecule has 0 spiro atoms. The predicted octanol–water partition coefficient (Wildman–Crippen LogP) is 3.05. The molecule has 98 valence electrons. The Morgan fingerprint density at radius 3 is 2.44 bits per heavy atom. The summed E-state index contributed by atoms with van der Waals surface area (Å²) in [5.74, 6) is -0.826. The Labute approximate surface area is 108 Å². The number of hydrogen-bond acceptors (Lipinski definition) is 3. The lowest BCUT2D eigenvalue weighted by Gasteiger charge is -2.40. The molecule has 18 heavy (non-hydrogen) atoms. The second kappa shape index (κ2) is 5.63. The summed E-state index contributed by atoms with van der Waals surface area (Å²) < 4.78 is 11.1. The molecule has 1 aliphatic carbocycles. The molecule has 1 aliphatic rings. The van der Waals surface area contributed by atoms with E-state index >= 15 is 0 Å². The number of hydrogen-bond donors (Lipinski definition) is 0. The van der Waals surface area contributed by atoms with E-state index in [1.54, 1.807) is 14.2 Å². The smallest absolute Gasteiger partial charge is 0.177 e. The second-order valence-electron chi connectivity index (χ2n) is 4.75. The van der Waals surface area contributed by atoms with Crippen molar-refractivity contribution in [3.8, 4) is 0 Å². The van der Waals surface area contributed by atoms with Gasteiger partial charge in [-0.3, -0.25) is 4.79 Å². The lowest BCUT2D eigenvalue weighted by molar-refractivity contribution is -0.242. The average Bonchev–Trinajstić information content (AvgIpc) is 2.47. The van der Waals surface area contributed by atoms with Gasteiger partial charge < -0.3 is 9.47 Å². The van der Waals surface area contributed by atoms with E-state index in [-0.39, 0.29) is 11.7 Å². The molecule has 0 saturated heterocycles. The summed E-state index contributed by atoms with van der Waals surface area (Å²) in [7, 11) is 3.25. The second-order valence-corrected chi connectivity index (χ2v) is 4.75. The van der Waals surface area contributed by atoms with Gasteiger partial charge in [0, 0.05) is 26.2 Å². The van der Waals surface area contributed by atoms with Crippen molar-refractivity contribution in [2.24, 2.45) is 5.92 Å². The van der Waals surface area contributed by atoms with Crippen LogP contribution in [0.2, 0.25) is 0 Å². The van der Waals surface area contributed by atoms with Crippen LogP contribution in [0.4, 0.5) is 0 Å². The van der Waals surface area contributed by atoms with Gasteiger partial charge in [-0.1, -0.05) is 36.8 Å². The van der Waals surface area contributed by atoms with E-state index in [4.69, 9.17) is 9.47 Å². The molecule has 1 atom stereocenters. The van der Waals surface area contributed by atoms with E-state index in [1.807, 2.05) is 30.3 Å². The summed E-state index contributed by atoms with van der Waals surface area (Å²) in [4.78, 5) is 12.6. The molecular formula is C15H20O3. The van der Waals surface area contributed by atoms with Gasteiger partial charge in [0.2, 0.25) is 0 Å². The summed E-state index contributed by atoms with van der Waals surface area (Å²) in [6.07, 6.45) is 3.70. The first kappa shape index (κ1) is 13.2. The maximum absolute atomic E-state index is 12.6. The third-order valence-corrected chi connectivity index (χ3v) is 3.86. The topological polar surface area (TPSA) is 35.5 Å². The van der Waals surface area contributed by atoms with Crippen molar-refractivity contribution < 1.29 is 14.3 Å². The van der Waals surface area contributed by atoms with Gasteiger partial charge in [-0.05, 0) is 12.8 Å². The Kier molecular flexibility index (Phi) is 4.15. The molecule has 3 nitrogen and oxygen atoms in total. The highest BCUT2D eigenvalue weighted by Crippen LogP contribution is 2.38. The fourth-order valence-corrected chi connectivity index (χ4v) is 2.82. The van der Waals surface area contributed by atoms with Crippen LogP contribution in [0.15, 0.2) is 30.3 Å². The van der Waals surface area contributed by atoms with Crippen LogP contribution in [0.3, 0.4) is 0 Å². The predicted molar refractivity (Wildman–Crippen MR) is 69.5 cm³/mol. The van der Waals surface area contributed by atoms with Gasteiger partial charge in [-0.25, -0.2) is 0 Å². The number of carbonyl (C=O) groups is 1. The summed E-state index contributed by atoms with van der Waals surface area (Å²) in [5, 5.41) is 0. The number of ketones is 1. The quantitative estimate of drug-likeness (QED) is 0.607. The molecule has 0 heterocycles. The molecule has 0 radical (unpaired) electrons. The Bertz CT molecular complexity index is 395. The zero-order valence-corrected chi connectivity index (χ0v) is 11.0. The number of ether oxygens (including phenoxy) is 2. The number of rotatable bonds is 4. The molecule has 0 aromatic heterocycles. The fraction of sp³-hybridized carbons (Fsp3) is 0.533. The first-order valence-electron chi connectivity index (χ1n) is 6.43. The monoisotopic (exact) mass is 248 g/mol. The molecular weight excluding hydrogens is 228 g/mol. The minimum atomic E-state index is -0.745. The van der Waals surface area contributed by atoms with Crippen LogP contribution in [0.25, 0.3) is 0 Å². The summed E-state index contributed by atoms with van der Waals surface area (Å²) in [5.41, 5.74) is 0.739. The number of Topliss-reactive ketones (excluding diaryl/α,β-unsaturated/α-hetero) is 1. The van der Waals surface area contributed by atoms with E-state index in [2.05, 4.69) is 0 Å². The van der Waals surface area contributed by atoms with Gasteiger partial charge in [0.05, 0.1) is 5.92 Å². The SMILES string of the molecule is COC1(OC)CCCCC1C(=O)c1ccccc1. The average molecular weight is 248 g/mol. The standard InChI is InChI=1S/C15H20O3/c1-17-15(18-2)11-7-6-10-13(15)14(16)12-8-4-3-5-9-12/h3-5,8-9,13H,6-7,10-11H2,1-2H3. The molecule has 1 fully saturated rings. The maximum Gasteiger partial charge on any atom is 0.177 e. The van der Waals surface area contributed by atoms with Gasteiger partial charge >= 0.3 is 0 Å². The van der Waals surface area contributed by atoms with Crippen molar-refractivity contribution in [1.29, 1.82) is 0 Å². The highest BCUT2D eigenvalue weighted by molar-refractivity contribution is 5.98. The molecule has 0 bridgehead atoms. The van der Waals surface area contributed by atoms with Crippen LogP contribution in [-0.4, -0.2) is 25.8 Å². The first-order chi connectivity index (χ1) is 8.73. The minimum Gasteiger partial charge on any atom is -0.352 e. The molecule has 1 unspecified atom stereocenters. The summed E-state index contributed by atoms with van der Waals surface area (Å²) in [6.45, 7) is 0. The van der Waals surface area contributed by atoms with E-state index in [9.17, 15) is 4.79 Å². The van der Waals surface area contributed by atoms with Crippen LogP contribution >= 0.6 is 0 Å². The zero-order chi connectivity index (χ0) is 13.0. The van der Waals surface area contributed by atoms with E-state index < -0.39 is 5.79 Å². The van der Waals surface area contributed by atoms with E-state index in [0.29, 0.717) is 0 Å². The molecule has 1 aromatic rings. The van der Waals surface area contributed by atoms with Crippen LogP contribution in [0.1, 0.15) is 36.0 Å². The van der Waals surface area contributed by atoms with Crippen LogP contribution in [0, 0.1) is 5.92 Å². The zero-order valence-electron chi connectivity index (χ0n) is 11.0. The van der Waals surface area contributed by atoms with Crippen molar-refractivity contribution >= 4 is 5.78 Å². The fourth-order valence-electron chi connectivity index (χ4n) is 2.82. The van der Waals surface area contributed by atoms with Gasteiger partial charge in [0.15, 0.2) is 11.6 Å². The molecule has 1 saturated carbocycles. The van der Waals surface area contributed by atoms with E-state index in [0.717, 1.165) is 31.2 Å². The van der Waals surface area contributed by atoms with Gasteiger partial charge in [0.1, 0.15) is 0 Å². The molecule has 0 aliphatic heterocycles. The molecule has 1 aromatic carbocycles. The lowest BCUT2D eigenvalue weighted by atomic mass is 9.78. The van der Waals surface area contributed by atoms with Gasteiger partial charge in [0.25, 0.3) is 0 Å². The Morgan fingerprint density at radius 2 is 1.83 bits per heavy atom. The number of benzene rings is 1. The minimum absolute atomic E-state index is 0.124. The van der Waals surface area contributed by atoms with Crippen LogP contribution in [-0.2, 0) is 9.47 Å². The lowest BCUT2D eigenvalue weighted by Crippen LogP contribution is -2.48. The first-order valence-corrected chi connectivity index (χ1v) is 6.43. The van der Waals surface area contributed by atoms with Crippen LogP contribution < -0.4 is 0 Å². The normalized spacial score (nSPS) is 22.7. The van der Waals surface area contributed by atoms with Crippen molar-refractivity contribution in [2.75, 3.05) is 14.2 Å². The van der Waals surface area contributed by atoms with Crippen molar-refractivity contribution in [1.82, 2.24) is 0 Å². The highest BCUT2D eigenvalue weighted by atomic mass is 16.7. The van der Waals surface area contributed by atoms with Crippen molar-refractivity contribution in [3.63, 3.8) is 0 Å². The van der Waals surface area contributed by atoms with Crippen molar-refractivity contribution in [2.45, 2.75) is 31.5 Å². The van der Waals surface area contributed by atoms with Gasteiger partial charge in [-0.15, -0.1) is 0 Å². The molecule has 0 amide bonds. The summed E-state index contributed by atoms with van der Waals surface area (Å²) >= 11 is 0. The Hall–Kier alpha value is -1.19. The third kappa shape index (κ3) is 2.33. The van der Waals surface area contributed by atoms with E-state index in [1.165, 1.54) is 0 Å². The molecule has 0 N–H and O–H groups in total. The summed E-state index contributed by atoms with van der Waals surface area (Å²) in [6, 6.07) is 9.40. The Morgan fingerprint density at radius 1 is 1.17 bits per heavy atom. The molecule has 3 heteroatoms.